The monoisotopic (exact) mass is 293 g/mol. The molecule has 0 saturated heterocycles. The van der Waals surface area contributed by atoms with Gasteiger partial charge in [-0.2, -0.15) is 5.26 Å². The highest BCUT2D eigenvalue weighted by Crippen LogP contribution is 2.09. The summed E-state index contributed by atoms with van der Waals surface area (Å²) >= 11 is 0. The van der Waals surface area contributed by atoms with Gasteiger partial charge in [-0.25, -0.2) is 0 Å². The molecule has 0 spiro atoms. The number of nitriles is 1. The smallest absolute Gasteiger partial charge is 0.242 e. The number of hydrogen-bond acceptors (Lipinski definition) is 3. The van der Waals surface area contributed by atoms with E-state index in [-0.39, 0.29) is 12.5 Å². The van der Waals surface area contributed by atoms with Crippen LogP contribution in [0.1, 0.15) is 18.1 Å². The van der Waals surface area contributed by atoms with E-state index >= 15 is 0 Å². The second kappa shape index (κ2) is 7.84. The van der Waals surface area contributed by atoms with Crippen LogP contribution in [-0.2, 0) is 11.3 Å². The zero-order valence-corrected chi connectivity index (χ0v) is 12.6. The summed E-state index contributed by atoms with van der Waals surface area (Å²) in [6.07, 6.45) is 0. The van der Waals surface area contributed by atoms with Crippen molar-refractivity contribution in [3.8, 4) is 6.07 Å². The normalized spacial score (nSPS) is 9.82. The number of amides is 1. The lowest BCUT2D eigenvalue weighted by Gasteiger charge is -2.21. The lowest BCUT2D eigenvalue weighted by Crippen LogP contribution is -2.34. The summed E-state index contributed by atoms with van der Waals surface area (Å²) in [6.45, 7) is 3.50. The maximum Gasteiger partial charge on any atom is 0.242 e. The number of carbonyl (C=O) groups excluding carboxylic acids is 1. The largest absolute Gasteiger partial charge is 0.376 e. The Kier molecular flexibility index (Phi) is 5.56. The minimum atomic E-state index is 0.0516. The van der Waals surface area contributed by atoms with Crippen LogP contribution in [0.5, 0.6) is 0 Å². The molecule has 0 radical (unpaired) electrons. The van der Waals surface area contributed by atoms with Gasteiger partial charge in [0.15, 0.2) is 0 Å². The average molecular weight is 293 g/mol. The maximum atomic E-state index is 12.3. The molecule has 112 valence electrons. The molecule has 1 amide bonds. The van der Waals surface area contributed by atoms with Gasteiger partial charge in [-0.05, 0) is 36.8 Å². The summed E-state index contributed by atoms with van der Waals surface area (Å²) in [7, 11) is 0. The molecule has 4 heteroatoms. The van der Waals surface area contributed by atoms with Crippen LogP contribution in [-0.4, -0.2) is 23.9 Å². The molecule has 1 N–H and O–H groups in total. The molecule has 0 aliphatic carbocycles. The lowest BCUT2D eigenvalue weighted by atomic mass is 10.2. The molecule has 2 aromatic rings. The summed E-state index contributed by atoms with van der Waals surface area (Å²) in [5, 5.41) is 11.9. The Hall–Kier alpha value is -2.80. The third kappa shape index (κ3) is 4.35. The van der Waals surface area contributed by atoms with E-state index < -0.39 is 0 Å². The molecule has 2 aromatic carbocycles. The molecule has 0 aliphatic heterocycles. The van der Waals surface area contributed by atoms with Crippen LogP contribution in [0.3, 0.4) is 0 Å². The fraction of sp³-hybridized carbons (Fsp3) is 0.222. The van der Waals surface area contributed by atoms with Crippen molar-refractivity contribution in [1.29, 1.82) is 5.26 Å². The molecule has 22 heavy (non-hydrogen) atoms. The third-order valence-electron chi connectivity index (χ3n) is 3.41. The van der Waals surface area contributed by atoms with Crippen molar-refractivity contribution in [1.82, 2.24) is 4.90 Å². The van der Waals surface area contributed by atoms with Gasteiger partial charge in [-0.15, -0.1) is 0 Å². The van der Waals surface area contributed by atoms with Gasteiger partial charge in [-0.3, -0.25) is 4.79 Å². The van der Waals surface area contributed by atoms with E-state index in [1.165, 1.54) is 0 Å². The average Bonchev–Trinajstić information content (AvgIpc) is 2.59. The number of rotatable bonds is 6. The highest BCUT2D eigenvalue weighted by molar-refractivity contribution is 5.80. The fourth-order valence-electron chi connectivity index (χ4n) is 2.13. The number of nitrogens with one attached hydrogen (secondary N) is 1. The number of likely N-dealkylation sites (N-methyl/N-ethyl adjacent to an activating group) is 1. The van der Waals surface area contributed by atoms with Gasteiger partial charge in [0.25, 0.3) is 0 Å². The van der Waals surface area contributed by atoms with Crippen molar-refractivity contribution in [2.24, 2.45) is 0 Å². The standard InChI is InChI=1S/C18H19N3O/c1-2-21(14-16-6-4-3-5-7-16)18(22)13-20-17-10-8-15(12-19)9-11-17/h3-11,20H,2,13-14H2,1H3. The summed E-state index contributed by atoms with van der Waals surface area (Å²) in [6, 6.07) is 19.1. The van der Waals surface area contributed by atoms with Crippen LogP contribution in [0.25, 0.3) is 0 Å². The van der Waals surface area contributed by atoms with E-state index in [0.717, 1.165) is 11.3 Å². The molecule has 0 aliphatic rings. The minimum Gasteiger partial charge on any atom is -0.376 e. The highest BCUT2D eigenvalue weighted by atomic mass is 16.2. The lowest BCUT2D eigenvalue weighted by molar-refractivity contribution is -0.129. The summed E-state index contributed by atoms with van der Waals surface area (Å²) in [5.41, 5.74) is 2.57. The van der Waals surface area contributed by atoms with Gasteiger partial charge in [0.05, 0.1) is 18.2 Å². The van der Waals surface area contributed by atoms with E-state index in [0.29, 0.717) is 18.7 Å². The molecule has 0 saturated carbocycles. The van der Waals surface area contributed by atoms with E-state index in [9.17, 15) is 4.79 Å². The first kappa shape index (κ1) is 15.6. The second-order valence-electron chi connectivity index (χ2n) is 4.94. The van der Waals surface area contributed by atoms with Crippen LogP contribution < -0.4 is 5.32 Å². The van der Waals surface area contributed by atoms with Gasteiger partial charge in [0, 0.05) is 18.8 Å². The van der Waals surface area contributed by atoms with Crippen LogP contribution in [0.2, 0.25) is 0 Å². The molecule has 0 bridgehead atoms. The van der Waals surface area contributed by atoms with Crippen LogP contribution in [0, 0.1) is 11.3 Å². The van der Waals surface area contributed by atoms with Crippen molar-refractivity contribution >= 4 is 11.6 Å². The van der Waals surface area contributed by atoms with Crippen LogP contribution in [0.15, 0.2) is 54.6 Å². The summed E-state index contributed by atoms with van der Waals surface area (Å²) in [5.74, 6) is 0.0516. The van der Waals surface area contributed by atoms with Crippen molar-refractivity contribution in [2.75, 3.05) is 18.4 Å². The molecular formula is C18H19N3O. The Morgan fingerprint density at radius 2 is 1.82 bits per heavy atom. The predicted molar refractivity (Wildman–Crippen MR) is 87.2 cm³/mol. The van der Waals surface area contributed by atoms with Gasteiger partial charge in [-0.1, -0.05) is 30.3 Å². The molecule has 0 atom stereocenters. The van der Waals surface area contributed by atoms with E-state index in [4.69, 9.17) is 5.26 Å². The topological polar surface area (TPSA) is 56.1 Å². The minimum absolute atomic E-state index is 0.0516. The highest BCUT2D eigenvalue weighted by Gasteiger charge is 2.11. The SMILES string of the molecule is CCN(Cc1ccccc1)C(=O)CNc1ccc(C#N)cc1. The Morgan fingerprint density at radius 1 is 1.14 bits per heavy atom. The molecule has 0 fully saturated rings. The van der Waals surface area contributed by atoms with E-state index in [2.05, 4.69) is 11.4 Å². The molecule has 2 rings (SSSR count). The Labute approximate surface area is 131 Å². The van der Waals surface area contributed by atoms with E-state index in [1.54, 1.807) is 24.3 Å². The predicted octanol–water partition coefficient (Wildman–Crippen LogP) is 3.02. The van der Waals surface area contributed by atoms with Gasteiger partial charge in [0.1, 0.15) is 0 Å². The summed E-state index contributed by atoms with van der Waals surface area (Å²) in [4.78, 5) is 14.1. The summed E-state index contributed by atoms with van der Waals surface area (Å²) < 4.78 is 0. The second-order valence-corrected chi connectivity index (χ2v) is 4.94. The number of benzene rings is 2. The van der Waals surface area contributed by atoms with Crippen molar-refractivity contribution in [3.63, 3.8) is 0 Å². The van der Waals surface area contributed by atoms with Crippen LogP contribution in [0.4, 0.5) is 5.69 Å². The first-order chi connectivity index (χ1) is 10.7. The fourth-order valence-corrected chi connectivity index (χ4v) is 2.13. The molecule has 0 heterocycles. The van der Waals surface area contributed by atoms with Crippen molar-refractivity contribution < 1.29 is 4.79 Å². The third-order valence-corrected chi connectivity index (χ3v) is 3.41. The Bertz CT molecular complexity index is 644. The van der Waals surface area contributed by atoms with Crippen LogP contribution >= 0.6 is 0 Å². The zero-order chi connectivity index (χ0) is 15.8. The quantitative estimate of drug-likeness (QED) is 0.890. The van der Waals surface area contributed by atoms with Gasteiger partial charge >= 0.3 is 0 Å². The van der Waals surface area contributed by atoms with Crippen molar-refractivity contribution in [3.05, 3.63) is 65.7 Å². The van der Waals surface area contributed by atoms with Gasteiger partial charge in [0.2, 0.25) is 5.91 Å². The zero-order valence-electron chi connectivity index (χ0n) is 12.6. The Balaban J connectivity index is 1.90. The number of nitrogens with zero attached hydrogens (tertiary/aromatic N) is 2. The van der Waals surface area contributed by atoms with Crippen molar-refractivity contribution in [2.45, 2.75) is 13.5 Å². The first-order valence-electron chi connectivity index (χ1n) is 7.28. The molecule has 0 aromatic heterocycles. The first-order valence-corrected chi connectivity index (χ1v) is 7.28. The van der Waals surface area contributed by atoms with Gasteiger partial charge < -0.3 is 10.2 Å². The molecule has 4 nitrogen and oxygen atoms in total. The molecule has 0 unspecified atom stereocenters. The number of hydrogen-bond donors (Lipinski definition) is 1. The molecular weight excluding hydrogens is 274 g/mol. The number of anilines is 1. The number of carbonyl (C=O) groups is 1. The van der Waals surface area contributed by atoms with E-state index in [1.807, 2.05) is 42.2 Å². The maximum absolute atomic E-state index is 12.3. The Morgan fingerprint density at radius 3 is 2.41 bits per heavy atom.